The average molecular weight is 659 g/mol. The molecule has 1 saturated heterocycles. The van der Waals surface area contributed by atoms with Crippen LogP contribution in [0.25, 0.3) is 22.0 Å². The Morgan fingerprint density at radius 1 is 1.07 bits per heavy atom. The van der Waals surface area contributed by atoms with E-state index in [9.17, 15) is 14.4 Å². The number of benzene rings is 1. The Bertz CT molecular complexity index is 1780. The van der Waals surface area contributed by atoms with E-state index in [2.05, 4.69) is 48.2 Å². The first-order valence-electron chi connectivity index (χ1n) is 15.0. The van der Waals surface area contributed by atoms with Gasteiger partial charge in [0.1, 0.15) is 17.0 Å². The largest absolute Gasteiger partial charge is 0.350 e. The normalized spacial score (nSPS) is 20.7. The molecule has 11 heteroatoms. The number of pyridine rings is 1. The summed E-state index contributed by atoms with van der Waals surface area (Å²) in [6, 6.07) is 8.98. The number of hydrogen-bond acceptors (Lipinski definition) is 7. The second-order valence-electron chi connectivity index (χ2n) is 12.8. The number of likely N-dealkylation sites (tertiary alicyclic amines) is 1. The van der Waals surface area contributed by atoms with Crippen LogP contribution < -0.4 is 5.32 Å². The number of carbonyl (C=O) groups excluding carboxylic acids is 3. The van der Waals surface area contributed by atoms with Crippen LogP contribution >= 0.6 is 15.9 Å². The second-order valence-corrected chi connectivity index (χ2v) is 13.6. The molecule has 44 heavy (non-hydrogen) atoms. The van der Waals surface area contributed by atoms with Gasteiger partial charge in [0, 0.05) is 35.9 Å². The van der Waals surface area contributed by atoms with Crippen molar-refractivity contribution in [1.29, 1.82) is 0 Å². The minimum Gasteiger partial charge on any atom is -0.350 e. The first-order chi connectivity index (χ1) is 20.9. The molecule has 1 N–H and O–H groups in total. The molecule has 3 atom stereocenters. The van der Waals surface area contributed by atoms with Crippen molar-refractivity contribution in [2.75, 3.05) is 6.54 Å². The van der Waals surface area contributed by atoms with Crippen molar-refractivity contribution in [3.63, 3.8) is 0 Å². The predicted molar refractivity (Wildman–Crippen MR) is 170 cm³/mol. The zero-order valence-electron chi connectivity index (χ0n) is 25.6. The lowest BCUT2D eigenvalue weighted by Gasteiger charge is -2.27. The summed E-state index contributed by atoms with van der Waals surface area (Å²) in [4.78, 5) is 55.9. The lowest BCUT2D eigenvalue weighted by atomic mass is 9.96. The molecule has 1 aromatic carbocycles. The molecular weight excluding hydrogens is 622 g/mol. The van der Waals surface area contributed by atoms with Gasteiger partial charge in [-0.05, 0) is 83.3 Å². The van der Waals surface area contributed by atoms with Crippen LogP contribution in [-0.2, 0) is 22.6 Å². The van der Waals surface area contributed by atoms with E-state index in [1.54, 1.807) is 22.0 Å². The number of piperidine rings is 1. The topological polar surface area (TPSA) is 123 Å². The Kier molecular flexibility index (Phi) is 7.85. The van der Waals surface area contributed by atoms with Gasteiger partial charge in [-0.2, -0.15) is 5.10 Å². The van der Waals surface area contributed by atoms with E-state index >= 15 is 0 Å². The molecule has 0 spiro atoms. The number of fused-ring (bicyclic) bond motifs is 2. The molecule has 0 bridgehead atoms. The van der Waals surface area contributed by atoms with Crippen LogP contribution in [0.4, 0.5) is 0 Å². The average Bonchev–Trinajstić information content (AvgIpc) is 3.35. The molecule has 2 aliphatic rings. The molecule has 4 heterocycles. The van der Waals surface area contributed by atoms with Crippen LogP contribution in [0.3, 0.4) is 0 Å². The standard InChI is InChI=1S/C33H36BrN7O3/c1-18(2)14-37-32(44)31-23-10-21(22-15-35-20(4)36-16-22)7-8-25(23)40(39-31)17-30(43)41-26(12-33(5)13-28(33)41)27(42)11-24-19(3)6-9-29(34)38-24/h6-10,15-16,18,26,28H,11-14,17H2,1-5H3,(H,37,44)/t26-,28+,33-/m0/s1. The second kappa shape index (κ2) is 11.5. The van der Waals surface area contributed by atoms with Crippen molar-refractivity contribution >= 4 is 44.4 Å². The van der Waals surface area contributed by atoms with Gasteiger partial charge in [0.15, 0.2) is 11.5 Å². The van der Waals surface area contributed by atoms with Crippen molar-refractivity contribution in [3.05, 3.63) is 70.1 Å². The molecular formula is C33H36BrN7O3. The van der Waals surface area contributed by atoms with Gasteiger partial charge in [0.2, 0.25) is 5.91 Å². The molecule has 0 radical (unpaired) electrons. The number of Topliss-reactive ketones (excluding diaryl/α,β-unsaturated/α-hetero) is 1. The van der Waals surface area contributed by atoms with E-state index in [0.717, 1.165) is 23.1 Å². The minimum absolute atomic E-state index is 0.00971. The molecule has 1 aliphatic carbocycles. The van der Waals surface area contributed by atoms with Crippen LogP contribution in [0, 0.1) is 25.2 Å². The number of aryl methyl sites for hydroxylation is 2. The van der Waals surface area contributed by atoms with Crippen LogP contribution in [-0.4, -0.2) is 65.9 Å². The van der Waals surface area contributed by atoms with E-state index in [1.165, 1.54) is 0 Å². The molecule has 6 rings (SSSR count). The summed E-state index contributed by atoms with van der Waals surface area (Å²) in [5.41, 5.74) is 4.18. The third-order valence-electron chi connectivity index (χ3n) is 8.84. The molecule has 1 aliphatic heterocycles. The summed E-state index contributed by atoms with van der Waals surface area (Å²) < 4.78 is 2.27. The first-order valence-corrected chi connectivity index (χ1v) is 15.8. The number of aromatic nitrogens is 5. The number of amides is 2. The lowest BCUT2D eigenvalue weighted by Crippen LogP contribution is -2.45. The highest BCUT2D eigenvalue weighted by molar-refractivity contribution is 9.10. The number of hydrogen-bond donors (Lipinski definition) is 1. The monoisotopic (exact) mass is 657 g/mol. The Morgan fingerprint density at radius 3 is 2.55 bits per heavy atom. The summed E-state index contributed by atoms with van der Waals surface area (Å²) in [5, 5.41) is 8.27. The number of halogens is 1. The van der Waals surface area contributed by atoms with Gasteiger partial charge in [-0.25, -0.2) is 15.0 Å². The Morgan fingerprint density at radius 2 is 1.82 bits per heavy atom. The highest BCUT2D eigenvalue weighted by atomic mass is 79.9. The fraction of sp³-hybridized carbons (Fsp3) is 0.424. The molecule has 1 saturated carbocycles. The van der Waals surface area contributed by atoms with Gasteiger partial charge >= 0.3 is 0 Å². The molecule has 10 nitrogen and oxygen atoms in total. The number of nitrogens with zero attached hydrogens (tertiary/aromatic N) is 6. The van der Waals surface area contributed by atoms with Gasteiger partial charge in [0.05, 0.1) is 23.7 Å². The Hall–Kier alpha value is -3.99. The van der Waals surface area contributed by atoms with Crippen molar-refractivity contribution in [3.8, 4) is 11.1 Å². The van der Waals surface area contributed by atoms with E-state index in [1.807, 2.05) is 58.0 Å². The quantitative estimate of drug-likeness (QED) is 0.255. The SMILES string of the molecule is Cc1ncc(-c2ccc3c(c2)c(C(=O)NCC(C)C)nn3CC(=O)N2[C@H](C(=O)Cc3nc(Br)ccc3C)C[C@@]3(C)C[C@@H]23)cn1. The zero-order valence-corrected chi connectivity index (χ0v) is 27.2. The minimum atomic E-state index is -0.518. The van der Waals surface area contributed by atoms with Crippen molar-refractivity contribution < 1.29 is 14.4 Å². The van der Waals surface area contributed by atoms with E-state index in [4.69, 9.17) is 0 Å². The van der Waals surface area contributed by atoms with Crippen LogP contribution in [0.5, 0.6) is 0 Å². The van der Waals surface area contributed by atoms with Gasteiger partial charge < -0.3 is 10.2 Å². The van der Waals surface area contributed by atoms with E-state index in [0.29, 0.717) is 40.0 Å². The van der Waals surface area contributed by atoms with Crippen LogP contribution in [0.2, 0.25) is 0 Å². The highest BCUT2D eigenvalue weighted by Gasteiger charge is 2.64. The third-order valence-corrected chi connectivity index (χ3v) is 9.28. The van der Waals surface area contributed by atoms with Crippen molar-refractivity contribution in [1.82, 2.24) is 34.9 Å². The fourth-order valence-corrected chi connectivity index (χ4v) is 6.54. The third kappa shape index (κ3) is 5.77. The van der Waals surface area contributed by atoms with Crippen molar-refractivity contribution in [2.24, 2.45) is 11.3 Å². The summed E-state index contributed by atoms with van der Waals surface area (Å²) in [7, 11) is 0. The van der Waals surface area contributed by atoms with Crippen molar-refractivity contribution in [2.45, 2.75) is 72.5 Å². The maximum absolute atomic E-state index is 14.0. The number of carbonyl (C=O) groups is 3. The molecule has 4 aromatic rings. The summed E-state index contributed by atoms with van der Waals surface area (Å²) in [6.07, 6.45) is 5.18. The van der Waals surface area contributed by atoms with E-state index < -0.39 is 6.04 Å². The first kappa shape index (κ1) is 30.1. The molecule has 2 amide bonds. The predicted octanol–water partition coefficient (Wildman–Crippen LogP) is 4.84. The molecule has 3 aromatic heterocycles. The van der Waals surface area contributed by atoms with Crippen LogP contribution in [0.15, 0.2) is 47.3 Å². The lowest BCUT2D eigenvalue weighted by molar-refractivity contribution is -0.139. The highest BCUT2D eigenvalue weighted by Crippen LogP contribution is 2.59. The van der Waals surface area contributed by atoms with Crippen LogP contribution in [0.1, 0.15) is 61.2 Å². The van der Waals surface area contributed by atoms with Gasteiger partial charge in [-0.1, -0.05) is 32.9 Å². The smallest absolute Gasteiger partial charge is 0.272 e. The number of rotatable bonds is 9. The summed E-state index contributed by atoms with van der Waals surface area (Å²) in [6.45, 7) is 10.4. The Balaban J connectivity index is 1.31. The maximum Gasteiger partial charge on any atom is 0.272 e. The summed E-state index contributed by atoms with van der Waals surface area (Å²) in [5.74, 6) is 0.451. The van der Waals surface area contributed by atoms with Gasteiger partial charge in [-0.15, -0.1) is 0 Å². The molecule has 228 valence electrons. The van der Waals surface area contributed by atoms with E-state index in [-0.39, 0.29) is 53.6 Å². The number of nitrogens with one attached hydrogen (secondary N) is 1. The summed E-state index contributed by atoms with van der Waals surface area (Å²) >= 11 is 3.40. The molecule has 0 unspecified atom stereocenters. The Labute approximate surface area is 264 Å². The van der Waals surface area contributed by atoms with Gasteiger partial charge in [0.25, 0.3) is 5.91 Å². The zero-order chi connectivity index (χ0) is 31.3. The van der Waals surface area contributed by atoms with Gasteiger partial charge in [-0.3, -0.25) is 19.1 Å². The fourth-order valence-electron chi connectivity index (χ4n) is 6.20. The maximum atomic E-state index is 14.0. The molecule has 2 fully saturated rings. The number of ketones is 1.